The lowest BCUT2D eigenvalue weighted by Crippen LogP contribution is -2.18. The summed E-state index contributed by atoms with van der Waals surface area (Å²) in [7, 11) is 0. The molecule has 0 heterocycles. The average molecular weight is 216 g/mol. The van der Waals surface area contributed by atoms with Crippen molar-refractivity contribution in [3.8, 4) is 0 Å². The van der Waals surface area contributed by atoms with E-state index in [0.29, 0.717) is 13.0 Å². The minimum absolute atomic E-state index is 0. The summed E-state index contributed by atoms with van der Waals surface area (Å²) in [6.45, 7) is 2.30. The first kappa shape index (κ1) is 12.9. The Bertz CT molecular complexity index is 264. The molecule has 4 heteroatoms. The van der Waals surface area contributed by atoms with E-state index in [4.69, 9.17) is 4.84 Å². The Morgan fingerprint density at radius 1 is 1.36 bits per heavy atom. The van der Waals surface area contributed by atoms with Gasteiger partial charge in [-0.3, -0.25) is 4.79 Å². The van der Waals surface area contributed by atoms with E-state index < -0.39 is 0 Å². The van der Waals surface area contributed by atoms with Crippen LogP contribution < -0.4 is 5.48 Å². The minimum Gasteiger partial charge on any atom is -0.370 e. The highest BCUT2D eigenvalue weighted by Gasteiger charge is 1.96. The summed E-state index contributed by atoms with van der Waals surface area (Å²) < 4.78 is 0. The summed E-state index contributed by atoms with van der Waals surface area (Å²) in [4.78, 5) is 15.4. The van der Waals surface area contributed by atoms with Crippen molar-refractivity contribution in [2.45, 2.75) is 19.9 Å². The summed E-state index contributed by atoms with van der Waals surface area (Å²) in [5.41, 5.74) is 3.69. The second-order valence-corrected chi connectivity index (χ2v) is 2.63. The van der Waals surface area contributed by atoms with Crippen LogP contribution in [-0.2, 0) is 16.2 Å². The summed E-state index contributed by atoms with van der Waals surface area (Å²) in [6.07, 6.45) is 0.391. The van der Waals surface area contributed by atoms with Gasteiger partial charge in [-0.2, -0.15) is 0 Å². The lowest BCUT2D eigenvalue weighted by atomic mass is 10.2. The van der Waals surface area contributed by atoms with Crippen LogP contribution >= 0.6 is 12.4 Å². The topological polar surface area (TPSA) is 38.3 Å². The standard InChI is InChI=1S/C10H13NO2.ClH/c1-2-10(12)13-11-8-9-6-4-3-5-7-9;/h3-7,11H,2,8H2,1H3;1H. The maximum atomic E-state index is 10.7. The van der Waals surface area contributed by atoms with Gasteiger partial charge in [0.2, 0.25) is 0 Å². The zero-order valence-corrected chi connectivity index (χ0v) is 8.84. The third kappa shape index (κ3) is 4.84. The van der Waals surface area contributed by atoms with Gasteiger partial charge in [0, 0.05) is 6.42 Å². The maximum Gasteiger partial charge on any atom is 0.324 e. The molecule has 0 amide bonds. The smallest absolute Gasteiger partial charge is 0.324 e. The average Bonchev–Trinajstić information content (AvgIpc) is 2.19. The van der Waals surface area contributed by atoms with Crippen molar-refractivity contribution in [3.63, 3.8) is 0 Å². The number of hydrogen-bond donors (Lipinski definition) is 1. The molecule has 1 aromatic carbocycles. The first-order valence-corrected chi connectivity index (χ1v) is 4.29. The number of hydrogen-bond acceptors (Lipinski definition) is 3. The number of nitrogens with one attached hydrogen (secondary N) is 1. The predicted molar refractivity (Wildman–Crippen MR) is 56.9 cm³/mol. The Balaban J connectivity index is 0.00000169. The second kappa shape index (κ2) is 7.35. The summed E-state index contributed by atoms with van der Waals surface area (Å²) >= 11 is 0. The van der Waals surface area contributed by atoms with Gasteiger partial charge in [0.15, 0.2) is 0 Å². The van der Waals surface area contributed by atoms with E-state index in [1.54, 1.807) is 6.92 Å². The molecule has 1 rings (SSSR count). The van der Waals surface area contributed by atoms with Crippen molar-refractivity contribution in [2.75, 3.05) is 0 Å². The Morgan fingerprint density at radius 3 is 2.57 bits per heavy atom. The fourth-order valence-electron chi connectivity index (χ4n) is 0.868. The number of benzene rings is 1. The van der Waals surface area contributed by atoms with E-state index in [1.165, 1.54) is 0 Å². The van der Waals surface area contributed by atoms with Gasteiger partial charge in [-0.1, -0.05) is 37.3 Å². The van der Waals surface area contributed by atoms with Crippen molar-refractivity contribution in [1.29, 1.82) is 0 Å². The predicted octanol–water partition coefficient (Wildman–Crippen LogP) is 2.07. The van der Waals surface area contributed by atoms with Crippen LogP contribution in [0.1, 0.15) is 18.9 Å². The molecular weight excluding hydrogens is 202 g/mol. The Hall–Kier alpha value is -1.06. The van der Waals surface area contributed by atoms with Crippen LogP contribution in [0, 0.1) is 0 Å². The van der Waals surface area contributed by atoms with Gasteiger partial charge < -0.3 is 4.84 Å². The molecule has 0 spiro atoms. The molecule has 0 saturated heterocycles. The van der Waals surface area contributed by atoms with Crippen molar-refractivity contribution in [3.05, 3.63) is 35.9 Å². The van der Waals surface area contributed by atoms with Gasteiger partial charge in [0.1, 0.15) is 0 Å². The Morgan fingerprint density at radius 2 is 2.00 bits per heavy atom. The van der Waals surface area contributed by atoms with Crippen LogP contribution in [-0.4, -0.2) is 5.97 Å². The molecule has 0 aromatic heterocycles. The van der Waals surface area contributed by atoms with E-state index in [2.05, 4.69) is 5.48 Å². The van der Waals surface area contributed by atoms with Crippen molar-refractivity contribution < 1.29 is 9.63 Å². The molecule has 0 radical (unpaired) electrons. The van der Waals surface area contributed by atoms with Crippen LogP contribution in [0.5, 0.6) is 0 Å². The van der Waals surface area contributed by atoms with Crippen LogP contribution in [0.2, 0.25) is 0 Å². The van der Waals surface area contributed by atoms with Crippen LogP contribution in [0.25, 0.3) is 0 Å². The zero-order valence-electron chi connectivity index (χ0n) is 8.03. The molecule has 0 aliphatic carbocycles. The van der Waals surface area contributed by atoms with Gasteiger partial charge >= 0.3 is 5.97 Å². The molecule has 0 unspecified atom stereocenters. The normalized spacial score (nSPS) is 8.93. The SMILES string of the molecule is CCC(=O)ONCc1ccccc1.Cl. The Kier molecular flexibility index (Phi) is 6.80. The third-order valence-electron chi connectivity index (χ3n) is 1.59. The monoisotopic (exact) mass is 215 g/mol. The van der Waals surface area contributed by atoms with Gasteiger partial charge in [0.05, 0.1) is 6.54 Å². The fraction of sp³-hybridized carbons (Fsp3) is 0.300. The zero-order chi connectivity index (χ0) is 9.52. The lowest BCUT2D eigenvalue weighted by molar-refractivity contribution is -0.151. The quantitative estimate of drug-likeness (QED) is 0.782. The van der Waals surface area contributed by atoms with E-state index in [1.807, 2.05) is 30.3 Å². The van der Waals surface area contributed by atoms with E-state index in [-0.39, 0.29) is 18.4 Å². The van der Waals surface area contributed by atoms with E-state index >= 15 is 0 Å². The van der Waals surface area contributed by atoms with Crippen LogP contribution in [0.15, 0.2) is 30.3 Å². The van der Waals surface area contributed by atoms with Gasteiger partial charge in [0.25, 0.3) is 0 Å². The number of carbonyl (C=O) groups is 1. The van der Waals surface area contributed by atoms with Crippen molar-refractivity contribution >= 4 is 18.4 Å². The molecular formula is C10H14ClNO2. The molecule has 3 nitrogen and oxygen atoms in total. The first-order chi connectivity index (χ1) is 6.33. The molecule has 1 N–H and O–H groups in total. The molecule has 0 bridgehead atoms. The lowest BCUT2D eigenvalue weighted by Gasteiger charge is -2.03. The molecule has 0 saturated carbocycles. The highest BCUT2D eigenvalue weighted by atomic mass is 35.5. The number of rotatable bonds is 4. The first-order valence-electron chi connectivity index (χ1n) is 4.29. The highest BCUT2D eigenvalue weighted by Crippen LogP contribution is 1.96. The van der Waals surface area contributed by atoms with Crippen molar-refractivity contribution in [2.24, 2.45) is 0 Å². The molecule has 0 fully saturated rings. The third-order valence-corrected chi connectivity index (χ3v) is 1.59. The van der Waals surface area contributed by atoms with Gasteiger partial charge in [-0.25, -0.2) is 0 Å². The summed E-state index contributed by atoms with van der Waals surface area (Å²) in [5.74, 6) is -0.240. The molecule has 1 aromatic rings. The van der Waals surface area contributed by atoms with Crippen LogP contribution in [0.3, 0.4) is 0 Å². The van der Waals surface area contributed by atoms with E-state index in [9.17, 15) is 4.79 Å². The van der Waals surface area contributed by atoms with E-state index in [0.717, 1.165) is 5.56 Å². The summed E-state index contributed by atoms with van der Waals surface area (Å²) in [6, 6.07) is 9.76. The summed E-state index contributed by atoms with van der Waals surface area (Å²) in [5, 5.41) is 0. The highest BCUT2D eigenvalue weighted by molar-refractivity contribution is 5.85. The number of carbonyl (C=O) groups excluding carboxylic acids is 1. The van der Waals surface area contributed by atoms with Crippen molar-refractivity contribution in [1.82, 2.24) is 5.48 Å². The largest absolute Gasteiger partial charge is 0.370 e. The van der Waals surface area contributed by atoms with Gasteiger partial charge in [-0.05, 0) is 5.56 Å². The molecule has 0 aliphatic heterocycles. The molecule has 78 valence electrons. The molecule has 0 atom stereocenters. The maximum absolute atomic E-state index is 10.7. The molecule has 0 aliphatic rings. The van der Waals surface area contributed by atoms with Crippen LogP contribution in [0.4, 0.5) is 0 Å². The fourth-order valence-corrected chi connectivity index (χ4v) is 0.868. The second-order valence-electron chi connectivity index (χ2n) is 2.63. The Labute approximate surface area is 89.8 Å². The number of halogens is 1. The number of hydroxylamine groups is 1. The van der Waals surface area contributed by atoms with Gasteiger partial charge in [-0.15, -0.1) is 17.9 Å². The minimum atomic E-state index is -0.240. The molecule has 14 heavy (non-hydrogen) atoms.